The van der Waals surface area contributed by atoms with Crippen molar-refractivity contribution >= 4 is 23.0 Å². The molecule has 0 saturated carbocycles. The number of para-hydroxylation sites is 1. The van der Waals surface area contributed by atoms with Gasteiger partial charge in [0.2, 0.25) is 0 Å². The van der Waals surface area contributed by atoms with E-state index in [2.05, 4.69) is 11.0 Å². The number of ether oxygens (including phenoxy) is 1. The third kappa shape index (κ3) is 2.68. The van der Waals surface area contributed by atoms with Gasteiger partial charge in [-0.3, -0.25) is 0 Å². The van der Waals surface area contributed by atoms with Crippen molar-refractivity contribution in [3.05, 3.63) is 45.1 Å². The van der Waals surface area contributed by atoms with Crippen molar-refractivity contribution in [3.8, 4) is 5.75 Å². The average molecular weight is 317 g/mol. The van der Waals surface area contributed by atoms with E-state index in [0.29, 0.717) is 4.88 Å². The second-order valence-electron chi connectivity index (χ2n) is 5.52. The summed E-state index contributed by atoms with van der Waals surface area (Å²) in [6, 6.07) is 8.14. The molecule has 1 N–H and O–H groups in total. The highest BCUT2D eigenvalue weighted by molar-refractivity contribution is 7.14. The summed E-state index contributed by atoms with van der Waals surface area (Å²) < 4.78 is 5.52. The molecule has 4 nitrogen and oxygen atoms in total. The number of aromatic carboxylic acids is 1. The van der Waals surface area contributed by atoms with Crippen LogP contribution in [0.1, 0.15) is 32.1 Å². The molecule has 0 fully saturated rings. The summed E-state index contributed by atoms with van der Waals surface area (Å²) in [4.78, 5) is 15.0. The molecule has 1 aliphatic heterocycles. The van der Waals surface area contributed by atoms with E-state index < -0.39 is 5.97 Å². The highest BCUT2D eigenvalue weighted by Crippen LogP contribution is 2.37. The number of anilines is 1. The Labute approximate surface area is 134 Å². The van der Waals surface area contributed by atoms with Crippen LogP contribution in [0.5, 0.6) is 5.75 Å². The lowest BCUT2D eigenvalue weighted by atomic mass is 10.0. The predicted molar refractivity (Wildman–Crippen MR) is 88.4 cm³/mol. The Morgan fingerprint density at radius 1 is 1.45 bits per heavy atom. The second kappa shape index (κ2) is 6.01. The van der Waals surface area contributed by atoms with Gasteiger partial charge in [0.25, 0.3) is 0 Å². The van der Waals surface area contributed by atoms with Gasteiger partial charge in [-0.2, -0.15) is 0 Å². The molecule has 0 unspecified atom stereocenters. The van der Waals surface area contributed by atoms with Gasteiger partial charge < -0.3 is 14.7 Å². The molecule has 5 heteroatoms. The maximum atomic E-state index is 11.2. The summed E-state index contributed by atoms with van der Waals surface area (Å²) in [5.74, 6) is 0.0503. The second-order valence-corrected chi connectivity index (χ2v) is 6.66. The molecule has 0 radical (unpaired) electrons. The molecule has 116 valence electrons. The van der Waals surface area contributed by atoms with Gasteiger partial charge in [-0.05, 0) is 43.0 Å². The van der Waals surface area contributed by atoms with Crippen LogP contribution in [0.15, 0.2) is 24.3 Å². The molecule has 1 aliphatic rings. The van der Waals surface area contributed by atoms with Gasteiger partial charge >= 0.3 is 5.97 Å². The van der Waals surface area contributed by atoms with Gasteiger partial charge in [0.05, 0.1) is 19.3 Å². The van der Waals surface area contributed by atoms with E-state index in [0.717, 1.165) is 47.8 Å². The largest absolute Gasteiger partial charge is 0.495 e. The van der Waals surface area contributed by atoms with Gasteiger partial charge in [0, 0.05) is 11.4 Å². The van der Waals surface area contributed by atoms with E-state index in [1.807, 2.05) is 25.1 Å². The van der Waals surface area contributed by atoms with E-state index >= 15 is 0 Å². The Hall–Kier alpha value is -2.01. The van der Waals surface area contributed by atoms with Crippen molar-refractivity contribution in [3.63, 3.8) is 0 Å². The Kier molecular flexibility index (Phi) is 4.07. The topological polar surface area (TPSA) is 49.8 Å². The number of carbonyl (C=O) groups is 1. The van der Waals surface area contributed by atoms with Crippen LogP contribution in [0.4, 0.5) is 5.69 Å². The van der Waals surface area contributed by atoms with Crippen LogP contribution in [0, 0.1) is 6.92 Å². The zero-order valence-corrected chi connectivity index (χ0v) is 13.6. The monoisotopic (exact) mass is 317 g/mol. The number of nitrogens with zero attached hydrogens (tertiary/aromatic N) is 1. The molecule has 0 amide bonds. The van der Waals surface area contributed by atoms with Crippen LogP contribution < -0.4 is 9.64 Å². The van der Waals surface area contributed by atoms with Crippen molar-refractivity contribution < 1.29 is 14.6 Å². The number of thiophene rings is 1. The molecule has 0 atom stereocenters. The van der Waals surface area contributed by atoms with E-state index in [9.17, 15) is 9.90 Å². The number of methoxy groups -OCH3 is 1. The minimum atomic E-state index is -0.842. The van der Waals surface area contributed by atoms with Crippen LogP contribution in [0.2, 0.25) is 0 Å². The fourth-order valence-corrected chi connectivity index (χ4v) is 4.08. The summed E-state index contributed by atoms with van der Waals surface area (Å²) in [6.07, 6.45) is 2.17. The van der Waals surface area contributed by atoms with Crippen LogP contribution in [0.25, 0.3) is 0 Å². The maximum Gasteiger partial charge on any atom is 0.346 e. The smallest absolute Gasteiger partial charge is 0.346 e. The molecule has 2 heterocycles. The van der Waals surface area contributed by atoms with Crippen molar-refractivity contribution in [2.45, 2.75) is 26.3 Å². The van der Waals surface area contributed by atoms with Crippen molar-refractivity contribution in [2.75, 3.05) is 18.6 Å². The molecule has 0 spiro atoms. The normalized spacial score (nSPS) is 13.8. The number of fused-ring (bicyclic) bond motifs is 1. The molecule has 2 aromatic rings. The lowest BCUT2D eigenvalue weighted by Gasteiger charge is -2.32. The van der Waals surface area contributed by atoms with Gasteiger partial charge in [-0.1, -0.05) is 12.1 Å². The molecule has 1 aromatic carbocycles. The number of aryl methyl sites for hydroxylation is 2. The summed E-state index contributed by atoms with van der Waals surface area (Å²) in [5, 5.41) is 9.20. The first-order valence-corrected chi connectivity index (χ1v) is 8.15. The van der Waals surface area contributed by atoms with Crippen molar-refractivity contribution in [2.24, 2.45) is 0 Å². The Morgan fingerprint density at radius 2 is 2.27 bits per heavy atom. The number of hydrogen-bond donors (Lipinski definition) is 1. The Bertz CT molecular complexity index is 694. The van der Waals surface area contributed by atoms with Crippen molar-refractivity contribution in [1.82, 2.24) is 0 Å². The standard InChI is InChI=1S/C17H19NO3S/c1-11-9-13(22-16(11)17(19)20)10-18-8-4-6-12-5-3-7-14(21-2)15(12)18/h3,5,7,9H,4,6,8,10H2,1-2H3,(H,19,20). The predicted octanol–water partition coefficient (Wildman–Crippen LogP) is 3.72. The average Bonchev–Trinajstić information content (AvgIpc) is 2.87. The van der Waals surface area contributed by atoms with E-state index in [1.165, 1.54) is 16.9 Å². The van der Waals surface area contributed by atoms with E-state index in [1.54, 1.807) is 7.11 Å². The number of benzene rings is 1. The SMILES string of the molecule is COc1cccc2c1N(Cc1cc(C)c(C(=O)O)s1)CCC2. The molecule has 0 bridgehead atoms. The quantitative estimate of drug-likeness (QED) is 0.934. The summed E-state index contributed by atoms with van der Waals surface area (Å²) in [6.45, 7) is 3.55. The first-order valence-electron chi connectivity index (χ1n) is 7.33. The third-order valence-electron chi connectivity index (χ3n) is 4.00. The molecular formula is C17H19NO3S. The minimum absolute atomic E-state index is 0.437. The van der Waals surface area contributed by atoms with Crippen LogP contribution in [-0.4, -0.2) is 24.7 Å². The highest BCUT2D eigenvalue weighted by Gasteiger charge is 2.22. The third-order valence-corrected chi connectivity index (χ3v) is 5.21. The maximum absolute atomic E-state index is 11.2. The lowest BCUT2D eigenvalue weighted by Crippen LogP contribution is -2.28. The van der Waals surface area contributed by atoms with Crippen LogP contribution in [-0.2, 0) is 13.0 Å². The number of carboxylic acids is 1. The Balaban J connectivity index is 1.92. The lowest BCUT2D eigenvalue weighted by molar-refractivity contribution is 0.0701. The summed E-state index contributed by atoms with van der Waals surface area (Å²) >= 11 is 1.37. The Morgan fingerprint density at radius 3 is 2.95 bits per heavy atom. The molecule has 0 aliphatic carbocycles. The van der Waals surface area contributed by atoms with E-state index in [4.69, 9.17) is 4.74 Å². The molecule has 1 aromatic heterocycles. The van der Waals surface area contributed by atoms with Gasteiger partial charge in [0.15, 0.2) is 0 Å². The number of rotatable bonds is 4. The molecular weight excluding hydrogens is 298 g/mol. The fraction of sp³-hybridized carbons (Fsp3) is 0.353. The van der Waals surface area contributed by atoms with Crippen LogP contribution >= 0.6 is 11.3 Å². The minimum Gasteiger partial charge on any atom is -0.495 e. The fourth-order valence-electron chi connectivity index (χ4n) is 3.05. The van der Waals surface area contributed by atoms with Gasteiger partial charge in [-0.15, -0.1) is 11.3 Å². The number of carboxylic acid groups (broad SMARTS) is 1. The first-order chi connectivity index (χ1) is 10.6. The van der Waals surface area contributed by atoms with Crippen LogP contribution in [0.3, 0.4) is 0 Å². The first kappa shape index (κ1) is 14.9. The van der Waals surface area contributed by atoms with E-state index in [-0.39, 0.29) is 0 Å². The number of hydrogen-bond acceptors (Lipinski definition) is 4. The highest BCUT2D eigenvalue weighted by atomic mass is 32.1. The van der Waals surface area contributed by atoms with Crippen molar-refractivity contribution in [1.29, 1.82) is 0 Å². The zero-order valence-electron chi connectivity index (χ0n) is 12.8. The van der Waals surface area contributed by atoms with Gasteiger partial charge in [-0.25, -0.2) is 4.79 Å². The molecule has 22 heavy (non-hydrogen) atoms. The molecule has 0 saturated heterocycles. The van der Waals surface area contributed by atoms with Gasteiger partial charge in [0.1, 0.15) is 10.6 Å². The summed E-state index contributed by atoms with van der Waals surface area (Å²) in [7, 11) is 1.69. The molecule has 3 rings (SSSR count). The summed E-state index contributed by atoms with van der Waals surface area (Å²) in [5.41, 5.74) is 3.29. The zero-order chi connectivity index (χ0) is 15.7.